The van der Waals surface area contributed by atoms with Crippen molar-refractivity contribution in [1.29, 1.82) is 0 Å². The molecule has 5 heteroatoms. The van der Waals surface area contributed by atoms with Gasteiger partial charge in [0.2, 0.25) is 0 Å². The maximum Gasteiger partial charge on any atom is 0.119 e. The number of piperazine rings is 1. The molecule has 2 N–H and O–H groups in total. The van der Waals surface area contributed by atoms with Crippen molar-refractivity contribution < 1.29 is 14.9 Å². The Kier molecular flexibility index (Phi) is 6.45. The number of methoxy groups -OCH3 is 1. The zero-order chi connectivity index (χ0) is 15.1. The molecule has 21 heavy (non-hydrogen) atoms. The van der Waals surface area contributed by atoms with E-state index in [1.165, 1.54) is 5.56 Å². The van der Waals surface area contributed by atoms with Gasteiger partial charge >= 0.3 is 0 Å². The van der Waals surface area contributed by atoms with E-state index in [0.717, 1.165) is 44.9 Å². The molecule has 0 aliphatic carbocycles. The predicted molar refractivity (Wildman–Crippen MR) is 82.4 cm³/mol. The first-order chi connectivity index (χ1) is 10.3. The first-order valence-corrected chi connectivity index (χ1v) is 7.58. The number of benzene rings is 1. The zero-order valence-electron chi connectivity index (χ0n) is 12.7. The van der Waals surface area contributed by atoms with E-state index in [2.05, 4.69) is 21.9 Å². The SMILES string of the molecule is COc1cccc(CN2CCN(CCO)C[C@H]2CCO)c1. The summed E-state index contributed by atoms with van der Waals surface area (Å²) in [5.41, 5.74) is 1.23. The molecule has 0 unspecified atom stereocenters. The third-order valence-corrected chi connectivity index (χ3v) is 4.09. The molecular weight excluding hydrogens is 268 g/mol. The smallest absolute Gasteiger partial charge is 0.119 e. The van der Waals surface area contributed by atoms with Crippen molar-refractivity contribution in [3.63, 3.8) is 0 Å². The molecule has 0 saturated carbocycles. The standard InChI is InChI=1S/C16H26N2O3/c1-21-16-4-2-3-14(11-16)12-18-7-6-17(8-10-20)13-15(18)5-9-19/h2-4,11,15,19-20H,5-10,12-13H2,1H3/t15-/m1/s1. The summed E-state index contributed by atoms with van der Waals surface area (Å²) in [5, 5.41) is 18.4. The highest BCUT2D eigenvalue weighted by Crippen LogP contribution is 2.19. The first-order valence-electron chi connectivity index (χ1n) is 7.58. The van der Waals surface area contributed by atoms with Gasteiger partial charge in [-0.3, -0.25) is 9.80 Å². The number of rotatable bonds is 7. The van der Waals surface area contributed by atoms with Crippen LogP contribution in [-0.2, 0) is 6.54 Å². The van der Waals surface area contributed by atoms with Gasteiger partial charge in [0.15, 0.2) is 0 Å². The number of aliphatic hydroxyl groups excluding tert-OH is 2. The highest BCUT2D eigenvalue weighted by Gasteiger charge is 2.26. The van der Waals surface area contributed by atoms with Gasteiger partial charge < -0.3 is 14.9 Å². The van der Waals surface area contributed by atoms with E-state index in [9.17, 15) is 5.11 Å². The predicted octanol–water partition coefficient (Wildman–Crippen LogP) is 0.556. The Morgan fingerprint density at radius 3 is 2.81 bits per heavy atom. The normalized spacial score (nSPS) is 20.6. The monoisotopic (exact) mass is 294 g/mol. The van der Waals surface area contributed by atoms with E-state index in [1.54, 1.807) is 7.11 Å². The summed E-state index contributed by atoms with van der Waals surface area (Å²) in [6.45, 7) is 4.82. The Bertz CT molecular complexity index is 428. The van der Waals surface area contributed by atoms with Crippen molar-refractivity contribution in [2.45, 2.75) is 19.0 Å². The molecule has 0 amide bonds. The van der Waals surface area contributed by atoms with Crippen LogP contribution in [0.3, 0.4) is 0 Å². The fraction of sp³-hybridized carbons (Fsp3) is 0.625. The molecule has 1 saturated heterocycles. The van der Waals surface area contributed by atoms with Gasteiger partial charge in [-0.25, -0.2) is 0 Å². The van der Waals surface area contributed by atoms with Crippen molar-refractivity contribution in [2.24, 2.45) is 0 Å². The van der Waals surface area contributed by atoms with Gasteiger partial charge in [0.1, 0.15) is 5.75 Å². The average Bonchev–Trinajstić information content (AvgIpc) is 2.51. The number of hydrogen-bond acceptors (Lipinski definition) is 5. The molecule has 1 aromatic carbocycles. The summed E-state index contributed by atoms with van der Waals surface area (Å²) < 4.78 is 5.27. The fourth-order valence-corrected chi connectivity index (χ4v) is 2.94. The fourth-order valence-electron chi connectivity index (χ4n) is 2.94. The van der Waals surface area contributed by atoms with Crippen molar-refractivity contribution in [3.8, 4) is 5.75 Å². The summed E-state index contributed by atoms with van der Waals surface area (Å²) in [6.07, 6.45) is 0.770. The third kappa shape index (κ3) is 4.68. The largest absolute Gasteiger partial charge is 0.497 e. The Morgan fingerprint density at radius 2 is 2.10 bits per heavy atom. The molecule has 1 aromatic rings. The van der Waals surface area contributed by atoms with Crippen LogP contribution in [0.25, 0.3) is 0 Å². The molecule has 1 aliphatic heterocycles. The lowest BCUT2D eigenvalue weighted by atomic mass is 10.1. The van der Waals surface area contributed by atoms with Crippen molar-refractivity contribution in [3.05, 3.63) is 29.8 Å². The highest BCUT2D eigenvalue weighted by molar-refractivity contribution is 5.28. The van der Waals surface area contributed by atoms with Crippen LogP contribution in [0.4, 0.5) is 0 Å². The molecular formula is C16H26N2O3. The number of ether oxygens (including phenoxy) is 1. The Hall–Kier alpha value is -1.14. The van der Waals surface area contributed by atoms with Gasteiger partial charge in [-0.2, -0.15) is 0 Å². The van der Waals surface area contributed by atoms with Crippen molar-refractivity contribution in [2.75, 3.05) is 46.5 Å². The van der Waals surface area contributed by atoms with E-state index in [-0.39, 0.29) is 13.2 Å². The summed E-state index contributed by atoms with van der Waals surface area (Å²) >= 11 is 0. The molecule has 2 rings (SSSR count). The minimum absolute atomic E-state index is 0.196. The minimum Gasteiger partial charge on any atom is -0.497 e. The second-order valence-electron chi connectivity index (χ2n) is 5.51. The minimum atomic E-state index is 0.196. The molecule has 1 atom stereocenters. The van der Waals surface area contributed by atoms with Crippen LogP contribution in [-0.4, -0.2) is 72.6 Å². The Balaban J connectivity index is 1.99. The summed E-state index contributed by atoms with van der Waals surface area (Å²) in [7, 11) is 1.68. The van der Waals surface area contributed by atoms with Crippen LogP contribution in [0.1, 0.15) is 12.0 Å². The summed E-state index contributed by atoms with van der Waals surface area (Å²) in [5.74, 6) is 0.880. The molecule has 0 bridgehead atoms. The van der Waals surface area contributed by atoms with E-state index < -0.39 is 0 Å². The maximum atomic E-state index is 9.29. The number of nitrogens with zero attached hydrogens (tertiary/aromatic N) is 2. The van der Waals surface area contributed by atoms with E-state index in [1.807, 2.05) is 12.1 Å². The van der Waals surface area contributed by atoms with Crippen molar-refractivity contribution >= 4 is 0 Å². The lowest BCUT2D eigenvalue weighted by molar-refractivity contribution is 0.0455. The maximum absolute atomic E-state index is 9.29. The number of hydrogen-bond donors (Lipinski definition) is 2. The lowest BCUT2D eigenvalue weighted by Crippen LogP contribution is -2.53. The number of β-amino-alcohol motifs (C(OH)–C–C–N with tert-alkyl or cyclic N) is 1. The molecule has 5 nitrogen and oxygen atoms in total. The molecule has 1 heterocycles. The summed E-state index contributed by atoms with van der Waals surface area (Å²) in [6, 6.07) is 8.47. The van der Waals surface area contributed by atoms with Crippen LogP contribution in [0.2, 0.25) is 0 Å². The molecule has 118 valence electrons. The van der Waals surface area contributed by atoms with E-state index in [4.69, 9.17) is 9.84 Å². The molecule has 0 aromatic heterocycles. The first kappa shape index (κ1) is 16.2. The quantitative estimate of drug-likeness (QED) is 0.769. The average molecular weight is 294 g/mol. The molecule has 1 fully saturated rings. The molecule has 1 aliphatic rings. The van der Waals surface area contributed by atoms with Gasteiger partial charge in [0.25, 0.3) is 0 Å². The van der Waals surface area contributed by atoms with Gasteiger partial charge in [-0.05, 0) is 24.1 Å². The van der Waals surface area contributed by atoms with Gasteiger partial charge in [0.05, 0.1) is 13.7 Å². The van der Waals surface area contributed by atoms with E-state index >= 15 is 0 Å². The van der Waals surface area contributed by atoms with E-state index in [0.29, 0.717) is 6.04 Å². The van der Waals surface area contributed by atoms with Crippen molar-refractivity contribution in [1.82, 2.24) is 9.80 Å². The van der Waals surface area contributed by atoms with Crippen LogP contribution >= 0.6 is 0 Å². The van der Waals surface area contributed by atoms with Crippen LogP contribution in [0.5, 0.6) is 5.75 Å². The second-order valence-corrected chi connectivity index (χ2v) is 5.51. The third-order valence-electron chi connectivity index (χ3n) is 4.09. The molecule has 0 radical (unpaired) electrons. The van der Waals surface area contributed by atoms with Gasteiger partial charge in [-0.1, -0.05) is 12.1 Å². The Morgan fingerprint density at radius 1 is 1.24 bits per heavy atom. The van der Waals surface area contributed by atoms with Crippen LogP contribution in [0, 0.1) is 0 Å². The second kappa shape index (κ2) is 8.34. The summed E-state index contributed by atoms with van der Waals surface area (Å²) in [4.78, 5) is 4.68. The highest BCUT2D eigenvalue weighted by atomic mass is 16.5. The van der Waals surface area contributed by atoms with Gasteiger partial charge in [-0.15, -0.1) is 0 Å². The van der Waals surface area contributed by atoms with Crippen LogP contribution < -0.4 is 4.74 Å². The van der Waals surface area contributed by atoms with Crippen LogP contribution in [0.15, 0.2) is 24.3 Å². The topological polar surface area (TPSA) is 56.2 Å². The Labute approximate surface area is 126 Å². The zero-order valence-corrected chi connectivity index (χ0v) is 12.7. The van der Waals surface area contributed by atoms with Gasteiger partial charge in [0, 0.05) is 45.4 Å². The number of aliphatic hydroxyl groups is 2. The lowest BCUT2D eigenvalue weighted by Gasteiger charge is -2.41. The molecule has 0 spiro atoms.